The van der Waals surface area contributed by atoms with Gasteiger partial charge in [0.2, 0.25) is 0 Å². The fraction of sp³-hybridized carbons (Fsp3) is 0.143. The van der Waals surface area contributed by atoms with Crippen molar-refractivity contribution in [2.75, 3.05) is 5.73 Å². The van der Waals surface area contributed by atoms with E-state index in [4.69, 9.17) is 11.1 Å². The first-order chi connectivity index (χ1) is 5.11. The Morgan fingerprint density at radius 1 is 1.73 bits per heavy atom. The van der Waals surface area contributed by atoms with Crippen molar-refractivity contribution in [2.45, 2.75) is 6.92 Å². The minimum absolute atomic E-state index is 0.292. The van der Waals surface area contributed by atoms with E-state index in [1.165, 1.54) is 0 Å². The van der Waals surface area contributed by atoms with E-state index in [0.717, 1.165) is 5.69 Å². The van der Waals surface area contributed by atoms with Gasteiger partial charge in [-0.3, -0.25) is 10.4 Å². The molecule has 1 rings (SSSR count). The third-order valence-corrected chi connectivity index (χ3v) is 1.74. The molecule has 0 radical (unpaired) electrons. The summed E-state index contributed by atoms with van der Waals surface area (Å²) < 4.78 is 0.292. The number of hydrogen-bond acceptors (Lipinski definition) is 3. The van der Waals surface area contributed by atoms with Crippen LogP contribution in [0.25, 0.3) is 0 Å². The Morgan fingerprint density at radius 3 is 2.82 bits per heavy atom. The maximum absolute atomic E-state index is 7.28. The zero-order valence-corrected chi connectivity index (χ0v) is 7.64. The Bertz CT molecular complexity index is 296. The summed E-state index contributed by atoms with van der Waals surface area (Å²) in [6.45, 7) is 1.86. The van der Waals surface area contributed by atoms with Gasteiger partial charge in [0.15, 0.2) is 0 Å². The molecule has 11 heavy (non-hydrogen) atoms. The first kappa shape index (κ1) is 8.20. The van der Waals surface area contributed by atoms with E-state index >= 15 is 0 Å². The monoisotopic (exact) mass is 213 g/mol. The molecule has 0 unspecified atom stereocenters. The van der Waals surface area contributed by atoms with E-state index in [2.05, 4.69) is 20.9 Å². The smallest absolute Gasteiger partial charge is 0.106 e. The second kappa shape index (κ2) is 3.00. The van der Waals surface area contributed by atoms with Gasteiger partial charge in [-0.15, -0.1) is 0 Å². The van der Waals surface area contributed by atoms with Crippen LogP contribution in [0.4, 0.5) is 5.69 Å². The van der Waals surface area contributed by atoms with E-state index in [1.54, 1.807) is 12.3 Å². The van der Waals surface area contributed by atoms with E-state index < -0.39 is 0 Å². The zero-order valence-electron chi connectivity index (χ0n) is 6.06. The lowest BCUT2D eigenvalue weighted by molar-refractivity contribution is 1.20. The van der Waals surface area contributed by atoms with Gasteiger partial charge in [0, 0.05) is 11.3 Å². The molecule has 1 aromatic heterocycles. The number of pyridine rings is 1. The van der Waals surface area contributed by atoms with Crippen molar-refractivity contribution in [1.82, 2.24) is 4.98 Å². The van der Waals surface area contributed by atoms with E-state index in [-0.39, 0.29) is 0 Å². The van der Waals surface area contributed by atoms with Gasteiger partial charge in [0.05, 0.1) is 11.9 Å². The topological polar surface area (TPSA) is 62.8 Å². The largest absolute Gasteiger partial charge is 0.397 e. The molecule has 0 bridgehead atoms. The highest BCUT2D eigenvalue weighted by Crippen LogP contribution is 2.14. The summed E-state index contributed by atoms with van der Waals surface area (Å²) in [5.41, 5.74) is 7.63. The number of anilines is 1. The molecule has 0 aliphatic heterocycles. The summed E-state index contributed by atoms with van der Waals surface area (Å²) in [5, 5.41) is 7.28. The maximum atomic E-state index is 7.28. The van der Waals surface area contributed by atoms with E-state index in [1.807, 2.05) is 6.92 Å². The van der Waals surface area contributed by atoms with Gasteiger partial charge in [0.1, 0.15) is 4.62 Å². The van der Waals surface area contributed by atoms with Gasteiger partial charge < -0.3 is 5.73 Å². The van der Waals surface area contributed by atoms with Crippen molar-refractivity contribution in [3.8, 4) is 0 Å². The molecule has 1 heterocycles. The van der Waals surface area contributed by atoms with Crippen LogP contribution in [0.2, 0.25) is 0 Å². The number of nitrogens with one attached hydrogen (secondary N) is 1. The van der Waals surface area contributed by atoms with Crippen molar-refractivity contribution in [1.29, 1.82) is 5.41 Å². The molecule has 3 N–H and O–H groups in total. The zero-order chi connectivity index (χ0) is 8.43. The lowest BCUT2D eigenvalue weighted by Crippen LogP contribution is -1.99. The lowest BCUT2D eigenvalue weighted by Gasteiger charge is -2.01. The van der Waals surface area contributed by atoms with Crippen molar-refractivity contribution >= 4 is 26.2 Å². The number of aromatic nitrogens is 1. The Hall–Kier alpha value is -0.900. The highest BCUT2D eigenvalue weighted by Gasteiger charge is 2.02. The molecule has 0 amide bonds. The molecular weight excluding hydrogens is 206 g/mol. The predicted octanol–water partition coefficient (Wildman–Crippen LogP) is 1.69. The summed E-state index contributed by atoms with van der Waals surface area (Å²) in [7, 11) is 0. The maximum Gasteiger partial charge on any atom is 0.106 e. The second-order valence-corrected chi connectivity index (χ2v) is 3.02. The van der Waals surface area contributed by atoms with Crippen LogP contribution < -0.4 is 5.73 Å². The molecule has 58 valence electrons. The first-order valence-corrected chi connectivity index (χ1v) is 3.87. The summed E-state index contributed by atoms with van der Waals surface area (Å²) in [5.74, 6) is 0. The SMILES string of the molecule is Cc1cc(C(=N)Br)c(N)cn1. The van der Waals surface area contributed by atoms with Crippen LogP contribution in [0.1, 0.15) is 11.3 Å². The summed E-state index contributed by atoms with van der Waals surface area (Å²) in [6, 6.07) is 1.77. The number of hydrogen-bond donors (Lipinski definition) is 2. The van der Waals surface area contributed by atoms with Gasteiger partial charge in [-0.2, -0.15) is 0 Å². The normalized spacial score (nSPS) is 9.64. The Balaban J connectivity index is 3.23. The van der Waals surface area contributed by atoms with E-state index in [0.29, 0.717) is 15.9 Å². The molecule has 1 aromatic rings. The van der Waals surface area contributed by atoms with Crippen LogP contribution in [-0.2, 0) is 0 Å². The van der Waals surface area contributed by atoms with Crippen LogP contribution >= 0.6 is 15.9 Å². The molecule has 0 aromatic carbocycles. The second-order valence-electron chi connectivity index (χ2n) is 2.23. The van der Waals surface area contributed by atoms with Crippen LogP contribution in [0.15, 0.2) is 12.3 Å². The molecule has 0 atom stereocenters. The number of halogens is 1. The fourth-order valence-electron chi connectivity index (χ4n) is 0.760. The molecular formula is C7H8BrN3. The predicted molar refractivity (Wildman–Crippen MR) is 49.1 cm³/mol. The van der Waals surface area contributed by atoms with Gasteiger partial charge in [-0.25, -0.2) is 0 Å². The first-order valence-electron chi connectivity index (χ1n) is 3.08. The van der Waals surface area contributed by atoms with Crippen LogP contribution in [0.3, 0.4) is 0 Å². The van der Waals surface area contributed by atoms with Crippen LogP contribution in [-0.4, -0.2) is 9.60 Å². The van der Waals surface area contributed by atoms with Crippen molar-refractivity contribution in [2.24, 2.45) is 0 Å². The third kappa shape index (κ3) is 1.77. The Labute approximate surface area is 73.3 Å². The molecule has 4 heteroatoms. The van der Waals surface area contributed by atoms with Crippen molar-refractivity contribution in [3.63, 3.8) is 0 Å². The van der Waals surface area contributed by atoms with Crippen molar-refractivity contribution < 1.29 is 0 Å². The average Bonchev–Trinajstić information content (AvgIpc) is 1.94. The number of nitrogen functional groups attached to an aromatic ring is 1. The number of nitrogens with zero attached hydrogens (tertiary/aromatic N) is 1. The van der Waals surface area contributed by atoms with Gasteiger partial charge >= 0.3 is 0 Å². The number of aryl methyl sites for hydroxylation is 1. The lowest BCUT2D eigenvalue weighted by atomic mass is 10.2. The highest BCUT2D eigenvalue weighted by molar-refractivity contribution is 9.18. The quantitative estimate of drug-likeness (QED) is 0.698. The van der Waals surface area contributed by atoms with Gasteiger partial charge in [-0.05, 0) is 28.9 Å². The summed E-state index contributed by atoms with van der Waals surface area (Å²) >= 11 is 3.04. The standard InChI is InChI=1S/C7H8BrN3/c1-4-2-5(7(8)10)6(9)3-11-4/h2-3,10H,9H2,1H3. The third-order valence-electron chi connectivity index (χ3n) is 1.31. The van der Waals surface area contributed by atoms with Crippen LogP contribution in [0.5, 0.6) is 0 Å². The van der Waals surface area contributed by atoms with Gasteiger partial charge in [0.25, 0.3) is 0 Å². The highest BCUT2D eigenvalue weighted by atomic mass is 79.9. The summed E-state index contributed by atoms with van der Waals surface area (Å²) in [6.07, 6.45) is 1.56. The molecule has 3 nitrogen and oxygen atoms in total. The molecule has 0 aliphatic carbocycles. The molecule has 0 spiro atoms. The van der Waals surface area contributed by atoms with E-state index in [9.17, 15) is 0 Å². The Kier molecular flexibility index (Phi) is 2.24. The van der Waals surface area contributed by atoms with Crippen molar-refractivity contribution in [3.05, 3.63) is 23.5 Å². The number of rotatable bonds is 1. The minimum Gasteiger partial charge on any atom is -0.397 e. The Morgan fingerprint density at radius 2 is 2.36 bits per heavy atom. The molecule has 0 saturated heterocycles. The molecule has 0 fully saturated rings. The van der Waals surface area contributed by atoms with Gasteiger partial charge in [-0.1, -0.05) is 0 Å². The molecule has 0 aliphatic rings. The van der Waals surface area contributed by atoms with Crippen LogP contribution in [0, 0.1) is 12.3 Å². The minimum atomic E-state index is 0.292. The average molecular weight is 214 g/mol. The molecule has 0 saturated carbocycles. The summed E-state index contributed by atoms with van der Waals surface area (Å²) in [4.78, 5) is 3.98. The number of nitrogens with two attached hydrogens (primary N) is 1. The fourth-order valence-corrected chi connectivity index (χ4v) is 1.10.